The van der Waals surface area contributed by atoms with Crippen LogP contribution in [0.2, 0.25) is 0 Å². The molecule has 6 nitrogen and oxygen atoms in total. The highest BCUT2D eigenvalue weighted by Crippen LogP contribution is 2.32. The number of ketones is 1. The Hall–Kier alpha value is -2.73. The van der Waals surface area contributed by atoms with Gasteiger partial charge in [-0.1, -0.05) is 64.4 Å². The topological polar surface area (TPSA) is 74.7 Å². The van der Waals surface area contributed by atoms with Gasteiger partial charge in [-0.3, -0.25) is 4.79 Å². The minimum absolute atomic E-state index is 0.211. The summed E-state index contributed by atoms with van der Waals surface area (Å²) >= 11 is 0. The van der Waals surface area contributed by atoms with Crippen molar-refractivity contribution in [3.63, 3.8) is 0 Å². The van der Waals surface area contributed by atoms with Gasteiger partial charge >= 0.3 is 12.0 Å². The molecule has 2 rings (SSSR count). The molecule has 1 aromatic rings. The third-order valence-electron chi connectivity index (χ3n) is 5.35. The van der Waals surface area contributed by atoms with Crippen LogP contribution in [0.3, 0.4) is 0 Å². The first-order valence-corrected chi connectivity index (χ1v) is 9.65. The molecular formula is C22H29N2O4+. The van der Waals surface area contributed by atoms with Gasteiger partial charge in [0.05, 0.1) is 6.20 Å². The maximum atomic E-state index is 13.3. The van der Waals surface area contributed by atoms with Crippen molar-refractivity contribution in [3.05, 3.63) is 54.4 Å². The maximum Gasteiger partial charge on any atom is 0.457 e. The number of unbranched alkanes of at least 4 members (excludes halogenated alkanes) is 1. The number of Topliss-reactive ketones (excluding diaryl/α,β-unsaturated/α-hetero) is 1. The Balaban J connectivity index is 2.55. The van der Waals surface area contributed by atoms with Gasteiger partial charge in [-0.2, -0.15) is 0 Å². The summed E-state index contributed by atoms with van der Waals surface area (Å²) in [6.45, 7) is 7.45. The van der Waals surface area contributed by atoms with Crippen LogP contribution in [0.1, 0.15) is 52.5 Å². The smallest absolute Gasteiger partial charge is 0.457 e. The SMILES string of the molecule is CCCC[N+]1(C(=O)C(=O)C(C)(C)CC)C=CC(c2ccccc2)=CN1C(=O)O. The molecule has 1 heterocycles. The van der Waals surface area contributed by atoms with Crippen LogP contribution in [0.25, 0.3) is 5.57 Å². The highest BCUT2D eigenvalue weighted by atomic mass is 16.4. The van der Waals surface area contributed by atoms with Gasteiger partial charge in [-0.15, -0.1) is 9.60 Å². The fourth-order valence-corrected chi connectivity index (χ4v) is 3.04. The largest absolute Gasteiger partial charge is 0.461 e. The zero-order chi connectivity index (χ0) is 20.9. The van der Waals surface area contributed by atoms with Crippen molar-refractivity contribution in [1.82, 2.24) is 5.01 Å². The van der Waals surface area contributed by atoms with Gasteiger partial charge in [0.1, 0.15) is 12.7 Å². The first-order valence-electron chi connectivity index (χ1n) is 9.65. The van der Waals surface area contributed by atoms with Crippen LogP contribution in [0.4, 0.5) is 4.79 Å². The Bertz CT molecular complexity index is 811. The molecule has 150 valence electrons. The van der Waals surface area contributed by atoms with E-state index < -0.39 is 27.8 Å². The van der Waals surface area contributed by atoms with E-state index in [1.54, 1.807) is 19.9 Å². The molecule has 2 amide bonds. The zero-order valence-corrected chi connectivity index (χ0v) is 17.0. The number of allylic oxidation sites excluding steroid dienone is 2. The number of hydrogen-bond acceptors (Lipinski definition) is 3. The molecule has 1 aliphatic rings. The number of nitrogens with zero attached hydrogens (tertiary/aromatic N) is 2. The van der Waals surface area contributed by atoms with Crippen LogP contribution in [-0.2, 0) is 9.59 Å². The first-order chi connectivity index (χ1) is 13.2. The standard InChI is InChI=1S/C22H28N2O4/c1-5-7-14-24(20(26)19(25)22(3,4)6-2)15-13-18(16-23(24)21(27)28)17-11-9-8-10-12-17/h8-13,15-16H,5-7,14H2,1-4H3/p+1. The Morgan fingerprint density at radius 3 is 2.29 bits per heavy atom. The number of carbonyl (C=O) groups excluding carboxylic acids is 2. The maximum absolute atomic E-state index is 13.3. The number of quaternary nitrogens is 1. The van der Waals surface area contributed by atoms with E-state index in [1.165, 1.54) is 12.4 Å². The van der Waals surface area contributed by atoms with E-state index >= 15 is 0 Å². The van der Waals surface area contributed by atoms with Crippen molar-refractivity contribution >= 4 is 23.4 Å². The van der Waals surface area contributed by atoms with Crippen LogP contribution < -0.4 is 0 Å². The fraction of sp³-hybridized carbons (Fsp3) is 0.409. The van der Waals surface area contributed by atoms with Gasteiger partial charge in [0.15, 0.2) is 0 Å². The summed E-state index contributed by atoms with van der Waals surface area (Å²) in [7, 11) is 0. The van der Waals surface area contributed by atoms with Crippen molar-refractivity contribution in [3.8, 4) is 0 Å². The molecular weight excluding hydrogens is 356 g/mol. The average Bonchev–Trinajstić information content (AvgIpc) is 2.71. The van der Waals surface area contributed by atoms with Crippen LogP contribution >= 0.6 is 0 Å². The van der Waals surface area contributed by atoms with Crippen molar-refractivity contribution in [2.24, 2.45) is 5.41 Å². The molecule has 0 saturated heterocycles. The summed E-state index contributed by atoms with van der Waals surface area (Å²) in [6, 6.07) is 9.34. The predicted octanol–water partition coefficient (Wildman–Crippen LogP) is 4.60. The van der Waals surface area contributed by atoms with E-state index in [9.17, 15) is 19.5 Å². The van der Waals surface area contributed by atoms with Crippen molar-refractivity contribution < 1.29 is 24.1 Å². The molecule has 1 unspecified atom stereocenters. The molecule has 1 N–H and O–H groups in total. The number of hydrogen-bond donors (Lipinski definition) is 1. The minimum Gasteiger partial charge on any atom is -0.461 e. The normalized spacial score (nSPS) is 19.3. The predicted molar refractivity (Wildman–Crippen MR) is 108 cm³/mol. The lowest BCUT2D eigenvalue weighted by molar-refractivity contribution is -0.901. The monoisotopic (exact) mass is 385 g/mol. The Morgan fingerprint density at radius 2 is 1.75 bits per heavy atom. The highest BCUT2D eigenvalue weighted by molar-refractivity contribution is 6.35. The number of rotatable bonds is 7. The fourth-order valence-electron chi connectivity index (χ4n) is 3.04. The summed E-state index contributed by atoms with van der Waals surface area (Å²) < 4.78 is -0.651. The third-order valence-corrected chi connectivity index (χ3v) is 5.35. The number of amides is 2. The zero-order valence-electron chi connectivity index (χ0n) is 17.0. The van der Waals surface area contributed by atoms with Crippen LogP contribution in [0.15, 0.2) is 48.8 Å². The van der Waals surface area contributed by atoms with Crippen molar-refractivity contribution in [1.29, 1.82) is 0 Å². The second-order valence-corrected chi connectivity index (χ2v) is 7.67. The lowest BCUT2D eigenvalue weighted by Crippen LogP contribution is -2.64. The Labute approximate surface area is 166 Å². The number of carbonyl (C=O) groups is 3. The molecule has 0 spiro atoms. The first kappa shape index (κ1) is 21.6. The van der Waals surface area contributed by atoms with Gasteiger partial charge in [-0.25, -0.2) is 9.59 Å². The number of carboxylic acid groups (broad SMARTS) is 1. The summed E-state index contributed by atoms with van der Waals surface area (Å²) in [5.74, 6) is -1.28. The molecule has 28 heavy (non-hydrogen) atoms. The molecule has 1 aromatic carbocycles. The van der Waals surface area contributed by atoms with E-state index in [4.69, 9.17) is 0 Å². The summed E-state index contributed by atoms with van der Waals surface area (Å²) in [4.78, 5) is 38.4. The molecule has 0 saturated carbocycles. The molecule has 0 aromatic heterocycles. The molecule has 0 radical (unpaired) electrons. The van der Waals surface area contributed by atoms with Crippen LogP contribution in [0.5, 0.6) is 0 Å². The van der Waals surface area contributed by atoms with Crippen molar-refractivity contribution in [2.75, 3.05) is 6.54 Å². The highest BCUT2D eigenvalue weighted by Gasteiger charge is 2.52. The van der Waals surface area contributed by atoms with Gasteiger partial charge < -0.3 is 5.11 Å². The van der Waals surface area contributed by atoms with E-state index in [0.717, 1.165) is 17.0 Å². The minimum atomic E-state index is -1.27. The van der Waals surface area contributed by atoms with Gasteiger partial charge in [-0.05, 0) is 18.4 Å². The molecule has 6 heteroatoms. The van der Waals surface area contributed by atoms with Gasteiger partial charge in [0.2, 0.25) is 0 Å². The third kappa shape index (κ3) is 4.07. The van der Waals surface area contributed by atoms with Crippen LogP contribution in [0, 0.1) is 5.41 Å². The lowest BCUT2D eigenvalue weighted by Gasteiger charge is -2.39. The quantitative estimate of drug-likeness (QED) is 0.550. The van der Waals surface area contributed by atoms with E-state index in [-0.39, 0.29) is 6.54 Å². The Kier molecular flexibility index (Phi) is 6.56. The molecule has 1 atom stereocenters. The molecule has 0 fully saturated rings. The second kappa shape index (κ2) is 8.52. The summed E-state index contributed by atoms with van der Waals surface area (Å²) in [5.41, 5.74) is 0.657. The molecule has 0 bridgehead atoms. The summed E-state index contributed by atoms with van der Waals surface area (Å²) in [5, 5.41) is 10.9. The van der Waals surface area contributed by atoms with Crippen molar-refractivity contribution in [2.45, 2.75) is 47.0 Å². The number of benzene rings is 1. The Morgan fingerprint density at radius 1 is 1.11 bits per heavy atom. The van der Waals surface area contributed by atoms with E-state index in [1.807, 2.05) is 44.2 Å². The van der Waals surface area contributed by atoms with Gasteiger partial charge in [0.25, 0.3) is 5.78 Å². The van der Waals surface area contributed by atoms with Crippen LogP contribution in [-0.4, -0.2) is 39.0 Å². The lowest BCUT2D eigenvalue weighted by atomic mass is 9.84. The average molecular weight is 385 g/mol. The molecule has 1 aliphatic heterocycles. The second-order valence-electron chi connectivity index (χ2n) is 7.67. The van der Waals surface area contributed by atoms with Gasteiger partial charge in [0, 0.05) is 17.1 Å². The summed E-state index contributed by atoms with van der Waals surface area (Å²) in [6.07, 6.45) is 5.31. The van der Waals surface area contributed by atoms with E-state index in [2.05, 4.69) is 0 Å². The molecule has 0 aliphatic carbocycles. The van der Waals surface area contributed by atoms with E-state index in [0.29, 0.717) is 18.4 Å².